The highest BCUT2D eigenvalue weighted by Crippen LogP contribution is 2.42. The van der Waals surface area contributed by atoms with Gasteiger partial charge < -0.3 is 25.0 Å². The second-order valence-corrected chi connectivity index (χ2v) is 7.19. The van der Waals surface area contributed by atoms with Gasteiger partial charge in [0.25, 0.3) is 11.8 Å². The number of amides is 2. The molecule has 1 heterocycles. The standard InChI is InChI=1S/C22H25N3O4/c1-3-23-20(26)13-29-18-11-8-14(12-19(18)28-2)21-24-17-7-5-4-6-16(17)22(27)25(21)15-9-10-15/h4-8,11-12,15,21,24H,3,9-10,13H2,1-2H3,(H,23,26)/t21-/m1/s1. The average molecular weight is 395 g/mol. The molecule has 0 saturated heterocycles. The lowest BCUT2D eigenvalue weighted by Gasteiger charge is -2.38. The van der Waals surface area contributed by atoms with Gasteiger partial charge in [0.1, 0.15) is 6.17 Å². The topological polar surface area (TPSA) is 79.9 Å². The Bertz CT molecular complexity index is 926. The molecule has 7 heteroatoms. The molecule has 1 fully saturated rings. The smallest absolute Gasteiger partial charge is 0.258 e. The Balaban J connectivity index is 1.61. The molecule has 29 heavy (non-hydrogen) atoms. The predicted octanol–water partition coefficient (Wildman–Crippen LogP) is 2.94. The van der Waals surface area contributed by atoms with E-state index in [4.69, 9.17) is 9.47 Å². The van der Waals surface area contributed by atoms with Crippen molar-refractivity contribution in [1.29, 1.82) is 0 Å². The van der Waals surface area contributed by atoms with E-state index in [1.54, 1.807) is 13.2 Å². The molecule has 152 valence electrons. The quantitative estimate of drug-likeness (QED) is 0.754. The Morgan fingerprint density at radius 2 is 2.00 bits per heavy atom. The van der Waals surface area contributed by atoms with E-state index in [1.165, 1.54) is 0 Å². The molecule has 1 aliphatic heterocycles. The number of carbonyl (C=O) groups excluding carboxylic acids is 2. The van der Waals surface area contributed by atoms with Gasteiger partial charge in [-0.25, -0.2) is 0 Å². The fourth-order valence-electron chi connectivity index (χ4n) is 3.61. The third-order valence-corrected chi connectivity index (χ3v) is 5.14. The first-order valence-corrected chi connectivity index (χ1v) is 9.88. The van der Waals surface area contributed by atoms with Crippen LogP contribution in [0, 0.1) is 0 Å². The molecule has 2 aromatic rings. The summed E-state index contributed by atoms with van der Waals surface area (Å²) in [6.45, 7) is 2.33. The first-order chi connectivity index (χ1) is 14.1. The zero-order valence-electron chi connectivity index (χ0n) is 16.6. The second kappa shape index (κ2) is 8.03. The van der Waals surface area contributed by atoms with Gasteiger partial charge in [0, 0.05) is 18.3 Å². The Labute approximate surface area is 170 Å². The van der Waals surface area contributed by atoms with E-state index in [0.717, 1.165) is 24.1 Å². The molecule has 0 aromatic heterocycles. The van der Waals surface area contributed by atoms with Crippen molar-refractivity contribution in [1.82, 2.24) is 10.2 Å². The summed E-state index contributed by atoms with van der Waals surface area (Å²) in [5.74, 6) is 0.871. The number of anilines is 1. The van der Waals surface area contributed by atoms with Crippen LogP contribution < -0.4 is 20.1 Å². The number of hydrogen-bond donors (Lipinski definition) is 2. The second-order valence-electron chi connectivity index (χ2n) is 7.19. The molecular formula is C22H25N3O4. The summed E-state index contributed by atoms with van der Waals surface area (Å²) in [4.78, 5) is 26.7. The van der Waals surface area contributed by atoms with Crippen LogP contribution in [0.1, 0.15) is 41.9 Å². The van der Waals surface area contributed by atoms with Crippen LogP contribution >= 0.6 is 0 Å². The summed E-state index contributed by atoms with van der Waals surface area (Å²) in [5, 5.41) is 6.19. The van der Waals surface area contributed by atoms with Gasteiger partial charge in [-0.1, -0.05) is 18.2 Å². The van der Waals surface area contributed by atoms with Crippen LogP contribution in [0.2, 0.25) is 0 Å². The third-order valence-electron chi connectivity index (χ3n) is 5.14. The predicted molar refractivity (Wildman–Crippen MR) is 109 cm³/mol. The number of ether oxygens (including phenoxy) is 2. The number of nitrogens with one attached hydrogen (secondary N) is 2. The van der Waals surface area contributed by atoms with Gasteiger partial charge >= 0.3 is 0 Å². The number of carbonyl (C=O) groups is 2. The molecule has 0 radical (unpaired) electrons. The Hall–Kier alpha value is -3.22. The fraction of sp³-hybridized carbons (Fsp3) is 0.364. The average Bonchev–Trinajstić information content (AvgIpc) is 3.57. The Morgan fingerprint density at radius 1 is 1.21 bits per heavy atom. The maximum absolute atomic E-state index is 13.1. The molecule has 1 atom stereocenters. The number of para-hydroxylation sites is 1. The van der Waals surface area contributed by atoms with Crippen LogP contribution in [0.4, 0.5) is 5.69 Å². The van der Waals surface area contributed by atoms with Crippen LogP contribution in [0.15, 0.2) is 42.5 Å². The van der Waals surface area contributed by atoms with Crippen molar-refractivity contribution in [3.63, 3.8) is 0 Å². The number of methoxy groups -OCH3 is 1. The Kier molecular flexibility index (Phi) is 5.29. The molecule has 1 aliphatic carbocycles. The maximum atomic E-state index is 13.1. The minimum Gasteiger partial charge on any atom is -0.493 e. The van der Waals surface area contributed by atoms with E-state index in [2.05, 4.69) is 10.6 Å². The summed E-state index contributed by atoms with van der Waals surface area (Å²) in [5.41, 5.74) is 2.43. The number of likely N-dealkylation sites (N-methyl/N-ethyl adjacent to an activating group) is 1. The van der Waals surface area contributed by atoms with E-state index in [1.807, 2.05) is 48.2 Å². The summed E-state index contributed by atoms with van der Waals surface area (Å²) in [6, 6.07) is 13.4. The van der Waals surface area contributed by atoms with Gasteiger partial charge in [0.15, 0.2) is 18.1 Å². The zero-order chi connectivity index (χ0) is 20.4. The summed E-state index contributed by atoms with van der Waals surface area (Å²) < 4.78 is 11.1. The number of hydrogen-bond acceptors (Lipinski definition) is 5. The SMILES string of the molecule is CCNC(=O)COc1ccc([C@@H]2Nc3ccccc3C(=O)N2C2CC2)cc1OC. The zero-order valence-corrected chi connectivity index (χ0v) is 16.6. The summed E-state index contributed by atoms with van der Waals surface area (Å²) in [6.07, 6.45) is 1.74. The molecule has 4 rings (SSSR count). The number of fused-ring (bicyclic) bond motifs is 1. The lowest BCUT2D eigenvalue weighted by molar-refractivity contribution is -0.123. The summed E-state index contributed by atoms with van der Waals surface area (Å²) in [7, 11) is 1.56. The largest absolute Gasteiger partial charge is 0.493 e. The third kappa shape index (κ3) is 3.85. The molecule has 1 saturated carbocycles. The monoisotopic (exact) mass is 395 g/mol. The first-order valence-electron chi connectivity index (χ1n) is 9.88. The van der Waals surface area contributed by atoms with Crippen LogP contribution in [-0.2, 0) is 4.79 Å². The minimum absolute atomic E-state index is 0.0439. The lowest BCUT2D eigenvalue weighted by atomic mass is 10.0. The van der Waals surface area contributed by atoms with E-state index < -0.39 is 0 Å². The number of rotatable bonds is 7. The van der Waals surface area contributed by atoms with Crippen molar-refractivity contribution in [3.8, 4) is 11.5 Å². The molecule has 2 N–H and O–H groups in total. The van der Waals surface area contributed by atoms with Crippen molar-refractivity contribution in [2.75, 3.05) is 25.6 Å². The normalized spacial score (nSPS) is 17.9. The van der Waals surface area contributed by atoms with Gasteiger partial charge in [0.2, 0.25) is 0 Å². The van der Waals surface area contributed by atoms with E-state index in [9.17, 15) is 9.59 Å². The van der Waals surface area contributed by atoms with Gasteiger partial charge in [-0.3, -0.25) is 9.59 Å². The molecule has 2 amide bonds. The maximum Gasteiger partial charge on any atom is 0.258 e. The highest BCUT2D eigenvalue weighted by molar-refractivity contribution is 6.02. The Morgan fingerprint density at radius 3 is 2.72 bits per heavy atom. The fourth-order valence-corrected chi connectivity index (χ4v) is 3.61. The number of benzene rings is 2. The molecule has 0 bridgehead atoms. The van der Waals surface area contributed by atoms with Gasteiger partial charge in [0.05, 0.1) is 12.7 Å². The van der Waals surface area contributed by atoms with Crippen LogP contribution in [0.3, 0.4) is 0 Å². The molecule has 2 aromatic carbocycles. The highest BCUT2D eigenvalue weighted by atomic mass is 16.5. The van der Waals surface area contributed by atoms with Gasteiger partial charge in [-0.05, 0) is 49.6 Å². The minimum atomic E-state index is -0.281. The van der Waals surface area contributed by atoms with Crippen LogP contribution in [-0.4, -0.2) is 43.0 Å². The van der Waals surface area contributed by atoms with Crippen LogP contribution in [0.25, 0.3) is 0 Å². The molecular weight excluding hydrogens is 370 g/mol. The van der Waals surface area contributed by atoms with Gasteiger partial charge in [-0.2, -0.15) is 0 Å². The van der Waals surface area contributed by atoms with E-state index in [0.29, 0.717) is 23.6 Å². The molecule has 0 unspecified atom stereocenters. The summed E-state index contributed by atoms with van der Waals surface area (Å²) >= 11 is 0. The number of nitrogens with zero attached hydrogens (tertiary/aromatic N) is 1. The van der Waals surface area contributed by atoms with Crippen molar-refractivity contribution in [2.24, 2.45) is 0 Å². The highest BCUT2D eigenvalue weighted by Gasteiger charge is 2.42. The van der Waals surface area contributed by atoms with Crippen molar-refractivity contribution in [2.45, 2.75) is 32.0 Å². The van der Waals surface area contributed by atoms with Crippen molar-refractivity contribution < 1.29 is 19.1 Å². The van der Waals surface area contributed by atoms with Gasteiger partial charge in [-0.15, -0.1) is 0 Å². The van der Waals surface area contributed by atoms with Crippen LogP contribution in [0.5, 0.6) is 11.5 Å². The molecule has 7 nitrogen and oxygen atoms in total. The van der Waals surface area contributed by atoms with E-state index >= 15 is 0 Å². The lowest BCUT2D eigenvalue weighted by Crippen LogP contribution is -2.44. The van der Waals surface area contributed by atoms with Crippen molar-refractivity contribution >= 4 is 17.5 Å². The molecule has 0 spiro atoms. The van der Waals surface area contributed by atoms with Crippen molar-refractivity contribution in [3.05, 3.63) is 53.6 Å². The first kappa shape index (κ1) is 19.1. The van der Waals surface area contributed by atoms with E-state index in [-0.39, 0.29) is 30.6 Å². The molecule has 2 aliphatic rings.